The van der Waals surface area contributed by atoms with Gasteiger partial charge in [-0.1, -0.05) is 71.0 Å². The van der Waals surface area contributed by atoms with Crippen LogP contribution < -0.4 is 10.9 Å². The largest absolute Gasteiger partial charge is 0.309 e. The quantitative estimate of drug-likeness (QED) is 0.637. The molecule has 28 heavy (non-hydrogen) atoms. The van der Waals surface area contributed by atoms with Crippen molar-refractivity contribution in [1.29, 1.82) is 0 Å². The second-order valence-corrected chi connectivity index (χ2v) is 8.95. The van der Waals surface area contributed by atoms with Crippen molar-refractivity contribution in [3.8, 4) is 0 Å². The summed E-state index contributed by atoms with van der Waals surface area (Å²) in [5.74, 6) is 1.07. The molecule has 4 heteroatoms. The van der Waals surface area contributed by atoms with E-state index in [1.165, 1.54) is 11.1 Å². The second kappa shape index (κ2) is 7.88. The topological polar surface area (TPSA) is 57.8 Å². The molecule has 1 aromatic heterocycles. The highest BCUT2D eigenvalue weighted by atomic mass is 16.1. The van der Waals surface area contributed by atoms with Crippen molar-refractivity contribution in [2.75, 3.05) is 0 Å². The summed E-state index contributed by atoms with van der Waals surface area (Å²) in [4.78, 5) is 20.0. The average molecular weight is 378 g/mol. The zero-order chi connectivity index (χ0) is 20.5. The first kappa shape index (κ1) is 20.3. The van der Waals surface area contributed by atoms with Crippen LogP contribution in [0.4, 0.5) is 0 Å². The minimum atomic E-state index is -0.0927. The summed E-state index contributed by atoms with van der Waals surface area (Å²) in [6.07, 6.45) is 0. The predicted molar refractivity (Wildman–Crippen MR) is 117 cm³/mol. The van der Waals surface area contributed by atoms with Crippen molar-refractivity contribution >= 4 is 10.9 Å². The zero-order valence-electron chi connectivity index (χ0n) is 17.7. The van der Waals surface area contributed by atoms with Crippen molar-refractivity contribution in [2.45, 2.75) is 59.0 Å². The zero-order valence-corrected chi connectivity index (χ0v) is 17.7. The third-order valence-corrected chi connectivity index (χ3v) is 5.27. The van der Waals surface area contributed by atoms with Gasteiger partial charge in [-0.05, 0) is 41.5 Å². The first-order chi connectivity index (χ1) is 13.2. The highest BCUT2D eigenvalue weighted by molar-refractivity contribution is 5.77. The molecule has 0 saturated carbocycles. The third-order valence-electron chi connectivity index (χ3n) is 5.27. The molecule has 2 N–H and O–H groups in total. The number of aromatic amines is 1. The SMILES string of the molecule is CC(C)[C@H](N[C@@H](C)c1nc2ccccc2c(=O)[nH]1)c1ccc(C(C)(C)C)cc1. The summed E-state index contributed by atoms with van der Waals surface area (Å²) in [5, 5.41) is 4.29. The number of nitrogens with one attached hydrogen (secondary N) is 2. The van der Waals surface area contributed by atoms with Crippen LogP contribution in [-0.2, 0) is 5.41 Å². The molecule has 0 fully saturated rings. The van der Waals surface area contributed by atoms with Crippen LogP contribution in [-0.4, -0.2) is 9.97 Å². The smallest absolute Gasteiger partial charge is 0.258 e. The predicted octanol–water partition coefficient (Wildman–Crippen LogP) is 5.27. The maximum Gasteiger partial charge on any atom is 0.258 e. The molecule has 0 amide bonds. The monoisotopic (exact) mass is 377 g/mol. The number of rotatable bonds is 5. The molecular weight excluding hydrogens is 346 g/mol. The summed E-state index contributed by atoms with van der Waals surface area (Å²) in [5.41, 5.74) is 3.35. The Hall–Kier alpha value is -2.46. The number of aromatic nitrogens is 2. The van der Waals surface area contributed by atoms with E-state index in [9.17, 15) is 4.79 Å². The van der Waals surface area contributed by atoms with Gasteiger partial charge in [-0.3, -0.25) is 4.79 Å². The number of para-hydroxylation sites is 1. The van der Waals surface area contributed by atoms with Crippen molar-refractivity contribution < 1.29 is 0 Å². The van der Waals surface area contributed by atoms with Gasteiger partial charge < -0.3 is 10.3 Å². The maximum atomic E-state index is 12.4. The minimum Gasteiger partial charge on any atom is -0.309 e. The standard InChI is InChI=1S/C24H31N3O/c1-15(2)21(17-11-13-18(14-12-17)24(4,5)6)25-16(3)22-26-20-10-8-7-9-19(20)23(28)27-22/h7-16,21,25H,1-6H3,(H,26,27,28)/t16-,21-/m0/s1. The van der Waals surface area contributed by atoms with Crippen LogP contribution in [0.3, 0.4) is 0 Å². The van der Waals surface area contributed by atoms with E-state index in [-0.39, 0.29) is 23.1 Å². The summed E-state index contributed by atoms with van der Waals surface area (Å²) in [6, 6.07) is 16.4. The van der Waals surface area contributed by atoms with Gasteiger partial charge in [0.25, 0.3) is 5.56 Å². The van der Waals surface area contributed by atoms with Crippen LogP contribution in [0.1, 0.15) is 70.6 Å². The molecule has 0 radical (unpaired) electrons. The Kier molecular flexibility index (Phi) is 5.71. The number of fused-ring (bicyclic) bond motifs is 1. The van der Waals surface area contributed by atoms with E-state index in [4.69, 9.17) is 0 Å². The molecule has 0 saturated heterocycles. The van der Waals surface area contributed by atoms with E-state index in [2.05, 4.69) is 74.2 Å². The molecule has 2 aromatic carbocycles. The molecule has 3 aromatic rings. The van der Waals surface area contributed by atoms with Gasteiger partial charge >= 0.3 is 0 Å². The molecule has 2 atom stereocenters. The Morgan fingerprint density at radius 3 is 2.21 bits per heavy atom. The Bertz CT molecular complexity index is 997. The van der Waals surface area contributed by atoms with Gasteiger partial charge in [0.1, 0.15) is 5.82 Å². The van der Waals surface area contributed by atoms with Gasteiger partial charge in [0, 0.05) is 6.04 Å². The fourth-order valence-electron chi connectivity index (χ4n) is 3.52. The molecule has 3 rings (SSSR count). The van der Waals surface area contributed by atoms with Crippen molar-refractivity contribution in [1.82, 2.24) is 15.3 Å². The number of hydrogen-bond donors (Lipinski definition) is 2. The van der Waals surface area contributed by atoms with E-state index < -0.39 is 0 Å². The summed E-state index contributed by atoms with van der Waals surface area (Å²) in [6.45, 7) is 13.1. The summed E-state index contributed by atoms with van der Waals surface area (Å²) >= 11 is 0. The highest BCUT2D eigenvalue weighted by Gasteiger charge is 2.21. The fourth-order valence-corrected chi connectivity index (χ4v) is 3.52. The third kappa shape index (κ3) is 4.33. The lowest BCUT2D eigenvalue weighted by atomic mass is 9.85. The van der Waals surface area contributed by atoms with Gasteiger partial charge in [0.05, 0.1) is 16.9 Å². The number of hydrogen-bond acceptors (Lipinski definition) is 3. The van der Waals surface area contributed by atoms with Crippen LogP contribution in [0, 0.1) is 5.92 Å². The van der Waals surface area contributed by atoms with Crippen LogP contribution in [0.5, 0.6) is 0 Å². The van der Waals surface area contributed by atoms with E-state index in [1.54, 1.807) is 6.07 Å². The van der Waals surface area contributed by atoms with Crippen molar-refractivity contribution in [2.24, 2.45) is 5.92 Å². The van der Waals surface area contributed by atoms with Gasteiger partial charge in [0.2, 0.25) is 0 Å². The molecule has 0 aliphatic carbocycles. The van der Waals surface area contributed by atoms with E-state index in [0.29, 0.717) is 17.1 Å². The molecule has 4 nitrogen and oxygen atoms in total. The first-order valence-corrected chi connectivity index (χ1v) is 10.0. The maximum absolute atomic E-state index is 12.4. The average Bonchev–Trinajstić information content (AvgIpc) is 2.65. The second-order valence-electron chi connectivity index (χ2n) is 8.95. The van der Waals surface area contributed by atoms with Crippen LogP contribution in [0.15, 0.2) is 53.3 Å². The van der Waals surface area contributed by atoms with Crippen molar-refractivity contribution in [3.63, 3.8) is 0 Å². The van der Waals surface area contributed by atoms with Gasteiger partial charge in [-0.15, -0.1) is 0 Å². The fraction of sp³-hybridized carbons (Fsp3) is 0.417. The molecule has 0 aliphatic heterocycles. The summed E-state index contributed by atoms with van der Waals surface area (Å²) < 4.78 is 0. The molecule has 148 valence electrons. The number of nitrogens with zero attached hydrogens (tertiary/aromatic N) is 1. The van der Waals surface area contributed by atoms with E-state index >= 15 is 0 Å². The van der Waals surface area contributed by atoms with E-state index in [0.717, 1.165) is 5.52 Å². The molecular formula is C24H31N3O. The Morgan fingerprint density at radius 2 is 1.61 bits per heavy atom. The number of H-pyrrole nitrogens is 1. The lowest BCUT2D eigenvalue weighted by molar-refractivity contribution is 0.367. The Morgan fingerprint density at radius 1 is 0.964 bits per heavy atom. The summed E-state index contributed by atoms with van der Waals surface area (Å²) in [7, 11) is 0. The molecule has 0 spiro atoms. The van der Waals surface area contributed by atoms with Crippen LogP contribution in [0.25, 0.3) is 10.9 Å². The lowest BCUT2D eigenvalue weighted by Crippen LogP contribution is -2.30. The molecule has 0 unspecified atom stereocenters. The van der Waals surface area contributed by atoms with Gasteiger partial charge in [0.15, 0.2) is 0 Å². The van der Waals surface area contributed by atoms with Crippen LogP contribution in [0.2, 0.25) is 0 Å². The normalized spacial score (nSPS) is 14.4. The highest BCUT2D eigenvalue weighted by Crippen LogP contribution is 2.28. The van der Waals surface area contributed by atoms with Crippen LogP contribution >= 0.6 is 0 Å². The Labute approximate surface area is 167 Å². The van der Waals surface area contributed by atoms with Gasteiger partial charge in [-0.25, -0.2) is 4.98 Å². The number of benzene rings is 2. The van der Waals surface area contributed by atoms with Gasteiger partial charge in [-0.2, -0.15) is 0 Å². The Balaban J connectivity index is 1.87. The molecule has 0 aliphatic rings. The first-order valence-electron chi connectivity index (χ1n) is 10.0. The molecule has 1 heterocycles. The lowest BCUT2D eigenvalue weighted by Gasteiger charge is -2.27. The molecule has 0 bridgehead atoms. The van der Waals surface area contributed by atoms with E-state index in [1.807, 2.05) is 25.1 Å². The van der Waals surface area contributed by atoms with Crippen molar-refractivity contribution in [3.05, 3.63) is 75.8 Å². The minimum absolute atomic E-state index is 0.0769.